The molecule has 0 aromatic heterocycles. The second kappa shape index (κ2) is 6.44. The van der Waals surface area contributed by atoms with Crippen molar-refractivity contribution in [3.05, 3.63) is 47.2 Å². The summed E-state index contributed by atoms with van der Waals surface area (Å²) in [4.78, 5) is 19.0. The molecular weight excluding hydrogens is 290 g/mol. The predicted molar refractivity (Wildman–Crippen MR) is 89.8 cm³/mol. The van der Waals surface area contributed by atoms with E-state index in [9.17, 15) is 4.79 Å². The van der Waals surface area contributed by atoms with Crippen molar-refractivity contribution in [2.75, 3.05) is 20.7 Å². The number of hydrogen-bond donors (Lipinski definition) is 1. The van der Waals surface area contributed by atoms with Crippen LogP contribution in [0.4, 0.5) is 0 Å². The van der Waals surface area contributed by atoms with Crippen LogP contribution in [0.15, 0.2) is 46.6 Å². The summed E-state index contributed by atoms with van der Waals surface area (Å²) in [6, 6.07) is 9.70. The number of ether oxygens (including phenoxy) is 1. The summed E-state index contributed by atoms with van der Waals surface area (Å²) in [5.41, 5.74) is 2.53. The van der Waals surface area contributed by atoms with Gasteiger partial charge in [0.1, 0.15) is 0 Å². The van der Waals surface area contributed by atoms with E-state index in [2.05, 4.69) is 5.32 Å². The van der Waals surface area contributed by atoms with Crippen LogP contribution in [-0.2, 0) is 9.53 Å². The summed E-state index contributed by atoms with van der Waals surface area (Å²) in [5, 5.41) is 3.42. The van der Waals surface area contributed by atoms with Crippen LogP contribution in [0, 0.1) is 5.92 Å². The van der Waals surface area contributed by atoms with E-state index in [4.69, 9.17) is 9.73 Å². The minimum atomic E-state index is -0.308. The Labute approximate surface area is 137 Å². The number of aliphatic imine (C=N–C) groups is 1. The van der Waals surface area contributed by atoms with Crippen LogP contribution >= 0.6 is 0 Å². The molecule has 1 saturated carbocycles. The first kappa shape index (κ1) is 15.6. The molecule has 2 aliphatic rings. The van der Waals surface area contributed by atoms with Gasteiger partial charge in [-0.2, -0.15) is 0 Å². The normalized spacial score (nSPS) is 23.0. The number of benzene rings is 1. The average Bonchev–Trinajstić information content (AvgIpc) is 3.40. The number of allylic oxidation sites excluding steroid dienone is 1. The second-order valence-corrected chi connectivity index (χ2v) is 6.15. The Morgan fingerprint density at radius 3 is 2.65 bits per heavy atom. The van der Waals surface area contributed by atoms with E-state index in [1.807, 2.05) is 49.2 Å². The lowest BCUT2D eigenvalue weighted by atomic mass is 9.95. The monoisotopic (exact) mass is 313 g/mol. The maximum Gasteiger partial charge on any atom is 0.337 e. The van der Waals surface area contributed by atoms with E-state index in [1.165, 1.54) is 20.0 Å². The first-order chi connectivity index (χ1) is 11.1. The van der Waals surface area contributed by atoms with Crippen LogP contribution in [-0.4, -0.2) is 37.5 Å². The Morgan fingerprint density at radius 1 is 1.35 bits per heavy atom. The molecule has 0 radical (unpaired) electrons. The minimum absolute atomic E-state index is 0.238. The fraction of sp³-hybridized carbons (Fsp3) is 0.444. The Balaban J connectivity index is 1.99. The van der Waals surface area contributed by atoms with Gasteiger partial charge in [0.25, 0.3) is 0 Å². The first-order valence-corrected chi connectivity index (χ1v) is 8.00. The van der Waals surface area contributed by atoms with E-state index >= 15 is 0 Å². The van der Waals surface area contributed by atoms with Crippen molar-refractivity contribution in [3.63, 3.8) is 0 Å². The topological polar surface area (TPSA) is 53.9 Å². The molecule has 1 heterocycles. The number of rotatable bonds is 4. The lowest BCUT2D eigenvalue weighted by molar-refractivity contribution is -0.136. The van der Waals surface area contributed by atoms with Gasteiger partial charge in [0, 0.05) is 19.3 Å². The number of hydrogen-bond acceptors (Lipinski definition) is 3. The van der Waals surface area contributed by atoms with Gasteiger partial charge in [0.05, 0.1) is 18.7 Å². The third kappa shape index (κ3) is 3.23. The number of carbonyl (C=O) groups is 1. The average molecular weight is 313 g/mol. The third-order valence-electron chi connectivity index (χ3n) is 4.51. The highest BCUT2D eigenvalue weighted by molar-refractivity contribution is 5.96. The van der Waals surface area contributed by atoms with Crippen molar-refractivity contribution in [1.82, 2.24) is 10.2 Å². The molecule has 23 heavy (non-hydrogen) atoms. The molecule has 1 N–H and O–H groups in total. The highest BCUT2D eigenvalue weighted by Gasteiger charge is 2.34. The summed E-state index contributed by atoms with van der Waals surface area (Å²) in [7, 11) is 3.35. The summed E-state index contributed by atoms with van der Waals surface area (Å²) < 4.78 is 5.00. The smallest absolute Gasteiger partial charge is 0.337 e. The minimum Gasteiger partial charge on any atom is -0.466 e. The first-order valence-electron chi connectivity index (χ1n) is 8.00. The standard InChI is InChI=1S/C18H23N3O2/c1-12-15(17(22)23-3)16(14-7-5-4-6-8-14)20-18(21(12)2)19-11-13-9-10-13/h4-8,13,16H,9-11H2,1-3H3,(H,19,20). The number of methoxy groups -OCH3 is 1. The molecule has 1 aliphatic heterocycles. The van der Waals surface area contributed by atoms with Gasteiger partial charge in [-0.15, -0.1) is 0 Å². The molecule has 122 valence electrons. The molecule has 0 saturated heterocycles. The van der Waals surface area contributed by atoms with Crippen molar-refractivity contribution >= 4 is 11.9 Å². The van der Waals surface area contributed by atoms with Crippen LogP contribution in [0.2, 0.25) is 0 Å². The third-order valence-corrected chi connectivity index (χ3v) is 4.51. The van der Waals surface area contributed by atoms with Crippen molar-refractivity contribution < 1.29 is 9.53 Å². The second-order valence-electron chi connectivity index (χ2n) is 6.15. The zero-order chi connectivity index (χ0) is 16.4. The van der Waals surface area contributed by atoms with Crippen molar-refractivity contribution in [2.24, 2.45) is 10.9 Å². The van der Waals surface area contributed by atoms with Crippen molar-refractivity contribution in [3.8, 4) is 0 Å². The summed E-state index contributed by atoms with van der Waals surface area (Å²) in [5.74, 6) is 1.23. The predicted octanol–water partition coefficient (Wildman–Crippen LogP) is 2.48. The number of nitrogens with one attached hydrogen (secondary N) is 1. The van der Waals surface area contributed by atoms with Gasteiger partial charge in [-0.1, -0.05) is 30.3 Å². The van der Waals surface area contributed by atoms with Gasteiger partial charge in [-0.05, 0) is 31.2 Å². The quantitative estimate of drug-likeness (QED) is 0.868. The highest BCUT2D eigenvalue weighted by Crippen LogP contribution is 2.32. The molecule has 1 aliphatic carbocycles. The van der Waals surface area contributed by atoms with Gasteiger partial charge >= 0.3 is 5.97 Å². The van der Waals surface area contributed by atoms with E-state index in [1.54, 1.807) is 0 Å². The van der Waals surface area contributed by atoms with Gasteiger partial charge in [-0.25, -0.2) is 4.79 Å². The Morgan fingerprint density at radius 2 is 2.04 bits per heavy atom. The van der Waals surface area contributed by atoms with E-state index in [0.717, 1.165) is 29.7 Å². The molecule has 5 nitrogen and oxygen atoms in total. The van der Waals surface area contributed by atoms with Crippen molar-refractivity contribution in [2.45, 2.75) is 25.8 Å². The molecule has 1 fully saturated rings. The van der Waals surface area contributed by atoms with E-state index in [0.29, 0.717) is 5.57 Å². The Hall–Kier alpha value is -2.30. The molecule has 5 heteroatoms. The summed E-state index contributed by atoms with van der Waals surface area (Å²) in [6.07, 6.45) is 2.54. The molecule has 3 rings (SSSR count). The lowest BCUT2D eigenvalue weighted by Crippen LogP contribution is -2.47. The molecule has 1 atom stereocenters. The van der Waals surface area contributed by atoms with Crippen LogP contribution in [0.25, 0.3) is 0 Å². The van der Waals surface area contributed by atoms with Crippen molar-refractivity contribution in [1.29, 1.82) is 0 Å². The highest BCUT2D eigenvalue weighted by atomic mass is 16.5. The number of carbonyl (C=O) groups excluding carboxylic acids is 1. The molecule has 0 spiro atoms. The van der Waals surface area contributed by atoms with E-state index < -0.39 is 0 Å². The summed E-state index contributed by atoms with van der Waals surface area (Å²) in [6.45, 7) is 2.78. The Kier molecular flexibility index (Phi) is 4.37. The SMILES string of the molecule is COC(=O)C1=C(C)N(C)C(=NCC2CC2)NC1c1ccccc1. The maximum atomic E-state index is 12.3. The molecular formula is C18H23N3O2. The van der Waals surface area contributed by atoms with Gasteiger partial charge < -0.3 is 15.0 Å². The summed E-state index contributed by atoms with van der Waals surface area (Å²) >= 11 is 0. The Bertz CT molecular complexity index is 647. The van der Waals surface area contributed by atoms with Gasteiger partial charge in [0.2, 0.25) is 0 Å². The largest absolute Gasteiger partial charge is 0.466 e. The fourth-order valence-electron chi connectivity index (χ4n) is 2.79. The molecule has 0 bridgehead atoms. The molecule has 1 aromatic carbocycles. The molecule has 0 amide bonds. The van der Waals surface area contributed by atoms with Crippen LogP contribution in [0.3, 0.4) is 0 Å². The van der Waals surface area contributed by atoms with Gasteiger partial charge in [-0.3, -0.25) is 4.99 Å². The van der Waals surface area contributed by atoms with Crippen LogP contribution in [0.1, 0.15) is 31.4 Å². The molecule has 1 unspecified atom stereocenters. The van der Waals surface area contributed by atoms with E-state index in [-0.39, 0.29) is 12.0 Å². The number of nitrogens with zero attached hydrogens (tertiary/aromatic N) is 2. The fourth-order valence-corrected chi connectivity index (χ4v) is 2.79. The lowest BCUT2D eigenvalue weighted by Gasteiger charge is -2.35. The molecule has 1 aromatic rings. The zero-order valence-corrected chi connectivity index (χ0v) is 13.9. The number of esters is 1. The van der Waals surface area contributed by atoms with Crippen LogP contribution < -0.4 is 5.32 Å². The zero-order valence-electron chi connectivity index (χ0n) is 13.9. The maximum absolute atomic E-state index is 12.3. The number of guanidine groups is 1. The van der Waals surface area contributed by atoms with Gasteiger partial charge in [0.15, 0.2) is 5.96 Å². The van der Waals surface area contributed by atoms with Crippen LogP contribution in [0.5, 0.6) is 0 Å².